The Labute approximate surface area is 208 Å². The summed E-state index contributed by atoms with van der Waals surface area (Å²) in [4.78, 5) is 58.3. The smallest absolute Gasteiger partial charge is 0.278 e. The highest BCUT2D eigenvalue weighted by molar-refractivity contribution is 8.00. The van der Waals surface area contributed by atoms with E-state index in [-0.39, 0.29) is 39.1 Å². The van der Waals surface area contributed by atoms with Crippen molar-refractivity contribution in [3.05, 3.63) is 29.2 Å². The number of carbonyl (C=O) groups excluding carboxylic acids is 4. The van der Waals surface area contributed by atoms with E-state index in [1.807, 2.05) is 0 Å². The van der Waals surface area contributed by atoms with E-state index in [4.69, 9.17) is 11.5 Å². The number of fused-ring (bicyclic) bond motifs is 1. The molecule has 1 aromatic rings. The second-order valence-corrected chi connectivity index (χ2v) is 10.1. The quantitative estimate of drug-likeness (QED) is 0.122. The molecule has 0 spiro atoms. The van der Waals surface area contributed by atoms with Gasteiger partial charge in [-0.25, -0.2) is 0 Å². The number of carboxylic acid groups (broad SMARTS) is 1. The van der Waals surface area contributed by atoms with Crippen LogP contribution >= 0.6 is 23.3 Å². The van der Waals surface area contributed by atoms with Gasteiger partial charge in [0.15, 0.2) is 11.7 Å². The van der Waals surface area contributed by atoms with Crippen molar-refractivity contribution in [3.63, 3.8) is 0 Å². The maximum atomic E-state index is 12.8. The van der Waals surface area contributed by atoms with Crippen molar-refractivity contribution >= 4 is 57.8 Å². The number of nitrogens with two attached hydrogens (primary N) is 2. The van der Waals surface area contributed by atoms with Crippen LogP contribution in [0.3, 0.4) is 0 Å². The van der Waals surface area contributed by atoms with Crippen LogP contribution in [0.25, 0.3) is 0 Å². The lowest BCUT2D eigenvalue weighted by Gasteiger charge is -2.50. The number of primary amides is 1. The number of nitrogen functional groups attached to an aromatic ring is 1. The van der Waals surface area contributed by atoms with Gasteiger partial charge in [0.25, 0.3) is 17.7 Å². The van der Waals surface area contributed by atoms with Crippen LogP contribution < -0.4 is 21.9 Å². The molecule has 16 heteroatoms. The topological polar surface area (TPSA) is 206 Å². The molecular weight excluding hydrogens is 500 g/mol. The van der Waals surface area contributed by atoms with Crippen molar-refractivity contribution < 1.29 is 33.6 Å². The molecule has 14 nitrogen and oxygen atoms in total. The monoisotopic (exact) mass is 524 g/mol. The van der Waals surface area contributed by atoms with Gasteiger partial charge in [0.2, 0.25) is 11.5 Å². The maximum Gasteiger partial charge on any atom is 0.278 e. The van der Waals surface area contributed by atoms with Crippen LogP contribution in [0.1, 0.15) is 5.82 Å². The van der Waals surface area contributed by atoms with Gasteiger partial charge < -0.3 is 36.0 Å². The summed E-state index contributed by atoms with van der Waals surface area (Å²) in [7, 11) is 4.84. The Hall–Kier alpha value is -3.50. The zero-order valence-corrected chi connectivity index (χ0v) is 20.7. The number of thioether (sulfide) groups is 1. The van der Waals surface area contributed by atoms with Crippen LogP contribution in [0.4, 0.5) is 5.13 Å². The van der Waals surface area contributed by atoms with Crippen molar-refractivity contribution in [1.82, 2.24) is 19.6 Å². The molecule has 0 unspecified atom stereocenters. The van der Waals surface area contributed by atoms with Crippen LogP contribution in [0, 0.1) is 0 Å². The number of nitrogens with zero attached hydrogens (tertiary/aromatic N) is 5. The fourth-order valence-corrected chi connectivity index (χ4v) is 5.30. The number of nitrogens with one attached hydrogen (secondary N) is 1. The first-order chi connectivity index (χ1) is 16.4. The average molecular weight is 525 g/mol. The number of rotatable bonds is 10. The largest absolute Gasteiger partial charge is 0.543 e. The van der Waals surface area contributed by atoms with Crippen LogP contribution in [-0.4, -0.2) is 99.6 Å². The van der Waals surface area contributed by atoms with E-state index in [9.17, 15) is 24.3 Å². The van der Waals surface area contributed by atoms with E-state index in [1.54, 1.807) is 26.2 Å². The summed E-state index contributed by atoms with van der Waals surface area (Å²) in [6.07, 6.45) is 3.31. The molecule has 3 amide bonds. The lowest BCUT2D eigenvalue weighted by molar-refractivity contribution is -0.876. The number of hydrogen-bond acceptors (Lipinski definition) is 12. The highest BCUT2D eigenvalue weighted by atomic mass is 32.2. The third-order valence-corrected chi connectivity index (χ3v) is 6.88. The highest BCUT2D eigenvalue weighted by Gasteiger charge is 2.53. The molecule has 188 valence electrons. The van der Waals surface area contributed by atoms with Gasteiger partial charge in [0.1, 0.15) is 18.5 Å². The van der Waals surface area contributed by atoms with E-state index in [0.29, 0.717) is 12.1 Å². The highest BCUT2D eigenvalue weighted by Crippen LogP contribution is 2.40. The predicted molar refractivity (Wildman–Crippen MR) is 125 cm³/mol. The predicted octanol–water partition coefficient (Wildman–Crippen LogP) is -3.01. The first-order valence-electron chi connectivity index (χ1n) is 10.1. The number of β-lactam (4-membered cyclic amide) rings is 1. The molecule has 0 aliphatic carbocycles. The average Bonchev–Trinajstić information content (AvgIpc) is 3.19. The third kappa shape index (κ3) is 5.77. The first kappa shape index (κ1) is 26.1. The summed E-state index contributed by atoms with van der Waals surface area (Å²) in [5.41, 5.74) is 10.7. The Morgan fingerprint density at radius 2 is 2.11 bits per heavy atom. The first-order valence-corrected chi connectivity index (χ1v) is 11.9. The molecule has 0 aromatic carbocycles. The number of aromatic nitrogens is 2. The Morgan fingerprint density at radius 1 is 1.40 bits per heavy atom. The Morgan fingerprint density at radius 3 is 2.69 bits per heavy atom. The van der Waals surface area contributed by atoms with Gasteiger partial charge in [-0.15, -0.1) is 11.8 Å². The number of quaternary nitrogens is 1. The van der Waals surface area contributed by atoms with E-state index in [2.05, 4.69) is 24.7 Å². The SMILES string of the molecule is CO/N=C(\C(=O)N[C@@H]1C(=O)N2C(C(=O)[O-])=C(/C=C\C[N+](C)(C)CC(N)=O)CS[C@@H]12)c1nsc(N)n1. The fourth-order valence-electron chi connectivity index (χ4n) is 3.54. The van der Waals surface area contributed by atoms with Crippen molar-refractivity contribution in [3.8, 4) is 0 Å². The Kier molecular flexibility index (Phi) is 7.76. The minimum atomic E-state index is -1.51. The number of allylic oxidation sites excluding steroid dienone is 1. The normalized spacial score (nSPS) is 20.5. The van der Waals surface area contributed by atoms with Crippen LogP contribution in [0.2, 0.25) is 0 Å². The van der Waals surface area contributed by atoms with Crippen LogP contribution in [0.15, 0.2) is 28.6 Å². The lowest BCUT2D eigenvalue weighted by atomic mass is 10.0. The number of anilines is 1. The second kappa shape index (κ2) is 10.4. The van der Waals surface area contributed by atoms with Gasteiger partial charge >= 0.3 is 0 Å². The number of likely N-dealkylation sites (N-methyl/N-ethyl adjacent to an activating group) is 1. The van der Waals surface area contributed by atoms with Gasteiger partial charge in [0, 0.05) is 17.3 Å². The second-order valence-electron chi connectivity index (χ2n) is 8.25. The summed E-state index contributed by atoms with van der Waals surface area (Å²) in [5.74, 6) is -3.17. The van der Waals surface area contributed by atoms with Gasteiger partial charge in [-0.05, 0) is 11.6 Å². The third-order valence-electron chi connectivity index (χ3n) is 5.03. The molecule has 2 aliphatic heterocycles. The summed E-state index contributed by atoms with van der Waals surface area (Å²) in [6.45, 7) is 0.515. The molecule has 3 rings (SSSR count). The van der Waals surface area contributed by atoms with Gasteiger partial charge in [-0.3, -0.25) is 19.3 Å². The van der Waals surface area contributed by atoms with Gasteiger partial charge in [-0.1, -0.05) is 11.2 Å². The Balaban J connectivity index is 1.75. The minimum Gasteiger partial charge on any atom is -0.543 e. The lowest BCUT2D eigenvalue weighted by Crippen LogP contribution is -2.71. The molecule has 0 saturated carbocycles. The summed E-state index contributed by atoms with van der Waals surface area (Å²) < 4.78 is 4.19. The molecule has 1 saturated heterocycles. The van der Waals surface area contributed by atoms with Crippen LogP contribution in [-0.2, 0) is 24.0 Å². The molecule has 5 N–H and O–H groups in total. The molecule has 0 radical (unpaired) electrons. The molecule has 0 bridgehead atoms. The number of aliphatic carboxylic acids is 1. The van der Waals surface area contributed by atoms with Gasteiger partial charge in [0.05, 0.1) is 32.3 Å². The molecule has 3 heterocycles. The minimum absolute atomic E-state index is 0.0628. The number of hydrogen-bond donors (Lipinski definition) is 3. The number of carboxylic acids is 1. The van der Waals surface area contributed by atoms with E-state index >= 15 is 0 Å². The summed E-state index contributed by atoms with van der Waals surface area (Å²) in [5, 5.41) is 17.5. The molecule has 1 aromatic heterocycles. The number of carbonyl (C=O) groups is 4. The molecule has 35 heavy (non-hydrogen) atoms. The van der Waals surface area contributed by atoms with Crippen molar-refractivity contribution in [2.75, 3.05) is 45.8 Å². The molecular formula is C19H24N8O6S2. The molecule has 2 aliphatic rings. The van der Waals surface area contributed by atoms with Gasteiger partial charge in [-0.2, -0.15) is 9.36 Å². The van der Waals surface area contributed by atoms with Crippen molar-refractivity contribution in [1.29, 1.82) is 0 Å². The zero-order chi connectivity index (χ0) is 25.9. The van der Waals surface area contributed by atoms with Crippen LogP contribution in [0.5, 0.6) is 0 Å². The Bertz CT molecular complexity index is 1140. The summed E-state index contributed by atoms with van der Waals surface area (Å²) >= 11 is 2.14. The molecule has 2 atom stereocenters. The van der Waals surface area contributed by atoms with Crippen molar-refractivity contribution in [2.45, 2.75) is 11.4 Å². The number of oxime groups is 1. The van der Waals surface area contributed by atoms with E-state index in [0.717, 1.165) is 16.4 Å². The molecule has 1 fully saturated rings. The summed E-state index contributed by atoms with van der Waals surface area (Å²) in [6, 6.07) is -1.00. The maximum absolute atomic E-state index is 12.8. The fraction of sp³-hybridized carbons (Fsp3) is 0.421. The standard InChI is InChI=1S/C19H24N8O6S2/c1-27(2,7-10(20)28)6-4-5-9-8-34-17-12(16(30)26(17)13(9)18(31)32)22-15(29)11(24-33-3)14-23-19(21)35-25-14/h4-5,12,17H,6-8H2,1-3H3,(H5-,20,21,22,23,25,28,29,31,32)/b5-4-,24-11-/t12-,17+/m1/s1. The zero-order valence-electron chi connectivity index (χ0n) is 19.1. The van der Waals surface area contributed by atoms with E-state index < -0.39 is 35.1 Å². The van der Waals surface area contributed by atoms with E-state index in [1.165, 1.54) is 18.9 Å². The number of amides is 3. The van der Waals surface area contributed by atoms with Crippen molar-refractivity contribution in [2.24, 2.45) is 10.9 Å².